The molecule has 0 fully saturated rings. The van der Waals surface area contributed by atoms with Crippen LogP contribution in [0.5, 0.6) is 0 Å². The first-order chi connectivity index (χ1) is 7.59. The fraction of sp³-hybridized carbons (Fsp3) is 0.214. The highest BCUT2D eigenvalue weighted by Gasteiger charge is 1.95. The van der Waals surface area contributed by atoms with Gasteiger partial charge in [0.15, 0.2) is 0 Å². The van der Waals surface area contributed by atoms with Crippen LogP contribution in [0, 0.1) is 0 Å². The molecule has 0 aliphatic rings. The van der Waals surface area contributed by atoms with Gasteiger partial charge in [-0.2, -0.15) is 0 Å². The van der Waals surface area contributed by atoms with Crippen molar-refractivity contribution in [3.05, 3.63) is 59.2 Å². The van der Waals surface area contributed by atoms with Crippen LogP contribution in [0.15, 0.2) is 53.6 Å². The Hall–Kier alpha value is -1.83. The minimum absolute atomic E-state index is 0.372. The van der Waals surface area contributed by atoms with Crippen LogP contribution in [-0.2, 0) is 11.2 Å². The SMILES string of the molecule is C/C(=C\C=C(/C)C(N)=O)Cc1ccccc1. The zero-order valence-electron chi connectivity index (χ0n) is 9.73. The maximum atomic E-state index is 10.8. The van der Waals surface area contributed by atoms with Gasteiger partial charge in [0.1, 0.15) is 0 Å². The van der Waals surface area contributed by atoms with Gasteiger partial charge in [-0.15, -0.1) is 0 Å². The summed E-state index contributed by atoms with van der Waals surface area (Å²) in [5, 5.41) is 0. The minimum atomic E-state index is -0.372. The number of amides is 1. The molecule has 0 atom stereocenters. The van der Waals surface area contributed by atoms with Crippen molar-refractivity contribution >= 4 is 5.91 Å². The molecule has 0 saturated carbocycles. The van der Waals surface area contributed by atoms with Gasteiger partial charge >= 0.3 is 0 Å². The molecule has 16 heavy (non-hydrogen) atoms. The van der Waals surface area contributed by atoms with Gasteiger partial charge in [-0.25, -0.2) is 0 Å². The van der Waals surface area contributed by atoms with Crippen molar-refractivity contribution in [3.8, 4) is 0 Å². The van der Waals surface area contributed by atoms with Gasteiger partial charge in [0.05, 0.1) is 0 Å². The molecule has 0 aliphatic heterocycles. The summed E-state index contributed by atoms with van der Waals surface area (Å²) < 4.78 is 0. The topological polar surface area (TPSA) is 43.1 Å². The summed E-state index contributed by atoms with van der Waals surface area (Å²) in [5.74, 6) is -0.372. The summed E-state index contributed by atoms with van der Waals surface area (Å²) >= 11 is 0. The lowest BCUT2D eigenvalue weighted by Crippen LogP contribution is -2.11. The number of allylic oxidation sites excluding steroid dienone is 3. The van der Waals surface area contributed by atoms with E-state index in [1.165, 1.54) is 11.1 Å². The normalized spacial score (nSPS) is 12.6. The van der Waals surface area contributed by atoms with E-state index in [4.69, 9.17) is 5.73 Å². The van der Waals surface area contributed by atoms with Crippen LogP contribution in [0.25, 0.3) is 0 Å². The van der Waals surface area contributed by atoms with E-state index in [1.807, 2.05) is 31.2 Å². The molecular weight excluding hydrogens is 198 g/mol. The van der Waals surface area contributed by atoms with Crippen molar-refractivity contribution < 1.29 is 4.79 Å². The predicted molar refractivity (Wildman–Crippen MR) is 66.9 cm³/mol. The van der Waals surface area contributed by atoms with Crippen molar-refractivity contribution in [3.63, 3.8) is 0 Å². The molecule has 84 valence electrons. The highest BCUT2D eigenvalue weighted by molar-refractivity contribution is 5.91. The number of hydrogen-bond acceptors (Lipinski definition) is 1. The quantitative estimate of drug-likeness (QED) is 0.609. The lowest BCUT2D eigenvalue weighted by Gasteiger charge is -2.00. The average Bonchev–Trinajstić information content (AvgIpc) is 2.27. The lowest BCUT2D eigenvalue weighted by atomic mass is 10.1. The molecular formula is C14H17NO. The molecule has 1 rings (SSSR count). The Morgan fingerprint density at radius 2 is 1.81 bits per heavy atom. The second-order valence-corrected chi connectivity index (χ2v) is 3.89. The Morgan fingerprint density at radius 1 is 1.19 bits per heavy atom. The molecule has 0 bridgehead atoms. The third kappa shape index (κ3) is 4.13. The van der Waals surface area contributed by atoms with Gasteiger partial charge in [0.25, 0.3) is 0 Å². The van der Waals surface area contributed by atoms with Crippen molar-refractivity contribution in [2.24, 2.45) is 5.73 Å². The van der Waals surface area contributed by atoms with Gasteiger partial charge in [0.2, 0.25) is 5.91 Å². The molecule has 2 heteroatoms. The third-order valence-electron chi connectivity index (χ3n) is 2.33. The monoisotopic (exact) mass is 215 g/mol. The molecule has 2 nitrogen and oxygen atoms in total. The van der Waals surface area contributed by atoms with Crippen molar-refractivity contribution in [1.82, 2.24) is 0 Å². The lowest BCUT2D eigenvalue weighted by molar-refractivity contribution is -0.114. The van der Waals surface area contributed by atoms with Crippen LogP contribution in [0.2, 0.25) is 0 Å². The van der Waals surface area contributed by atoms with Crippen molar-refractivity contribution in [2.45, 2.75) is 20.3 Å². The zero-order chi connectivity index (χ0) is 12.0. The Bertz CT molecular complexity index is 416. The van der Waals surface area contributed by atoms with Gasteiger partial charge in [-0.05, 0) is 25.8 Å². The van der Waals surface area contributed by atoms with Crippen LogP contribution in [0.4, 0.5) is 0 Å². The fourth-order valence-electron chi connectivity index (χ4n) is 1.33. The van der Waals surface area contributed by atoms with E-state index in [9.17, 15) is 4.79 Å². The fourth-order valence-corrected chi connectivity index (χ4v) is 1.33. The molecule has 2 N–H and O–H groups in total. The van der Waals surface area contributed by atoms with E-state index in [0.717, 1.165) is 6.42 Å². The van der Waals surface area contributed by atoms with E-state index in [0.29, 0.717) is 5.57 Å². The molecule has 0 spiro atoms. The predicted octanol–water partition coefficient (Wildman–Crippen LogP) is 2.61. The van der Waals surface area contributed by atoms with Crippen LogP contribution >= 0.6 is 0 Å². The maximum Gasteiger partial charge on any atom is 0.244 e. The molecule has 0 saturated heterocycles. The second-order valence-electron chi connectivity index (χ2n) is 3.89. The van der Waals surface area contributed by atoms with Crippen LogP contribution in [0.1, 0.15) is 19.4 Å². The van der Waals surface area contributed by atoms with Crippen molar-refractivity contribution in [2.75, 3.05) is 0 Å². The first-order valence-corrected chi connectivity index (χ1v) is 5.27. The van der Waals surface area contributed by atoms with E-state index in [-0.39, 0.29) is 5.91 Å². The van der Waals surface area contributed by atoms with Gasteiger partial charge in [-0.1, -0.05) is 48.1 Å². The summed E-state index contributed by atoms with van der Waals surface area (Å²) in [6.45, 7) is 3.76. The molecule has 0 aliphatic carbocycles. The number of primary amides is 1. The molecule has 0 heterocycles. The number of nitrogens with two attached hydrogens (primary N) is 1. The van der Waals surface area contributed by atoms with E-state index < -0.39 is 0 Å². The Balaban J connectivity index is 2.66. The van der Waals surface area contributed by atoms with Crippen LogP contribution in [0.3, 0.4) is 0 Å². The van der Waals surface area contributed by atoms with Crippen molar-refractivity contribution in [1.29, 1.82) is 0 Å². The minimum Gasteiger partial charge on any atom is -0.366 e. The molecule has 0 aromatic heterocycles. The first kappa shape index (κ1) is 12.2. The summed E-state index contributed by atoms with van der Waals surface area (Å²) in [6, 6.07) is 10.2. The second kappa shape index (κ2) is 5.91. The van der Waals surface area contributed by atoms with E-state index in [2.05, 4.69) is 12.1 Å². The summed E-state index contributed by atoms with van der Waals surface area (Å²) in [5.41, 5.74) is 8.18. The van der Waals surface area contributed by atoms with E-state index in [1.54, 1.807) is 13.0 Å². The van der Waals surface area contributed by atoms with Gasteiger partial charge in [0, 0.05) is 5.57 Å². The molecule has 0 radical (unpaired) electrons. The maximum absolute atomic E-state index is 10.8. The van der Waals surface area contributed by atoms with Crippen LogP contribution in [-0.4, -0.2) is 5.91 Å². The molecule has 0 unspecified atom stereocenters. The smallest absolute Gasteiger partial charge is 0.244 e. The Kier molecular flexibility index (Phi) is 4.52. The molecule has 1 aromatic rings. The number of rotatable bonds is 4. The standard InChI is InChI=1S/C14H17NO/c1-11(8-9-12(2)14(15)16)10-13-6-4-3-5-7-13/h3-9H,10H2,1-2H3,(H2,15,16)/b11-8+,12-9+. The Morgan fingerprint density at radius 3 is 2.38 bits per heavy atom. The van der Waals surface area contributed by atoms with E-state index >= 15 is 0 Å². The Labute approximate surface area is 96.5 Å². The van der Waals surface area contributed by atoms with Gasteiger partial charge < -0.3 is 5.73 Å². The highest BCUT2D eigenvalue weighted by atomic mass is 16.1. The number of carbonyl (C=O) groups excluding carboxylic acids is 1. The summed E-state index contributed by atoms with van der Waals surface area (Å²) in [6.07, 6.45) is 4.59. The summed E-state index contributed by atoms with van der Waals surface area (Å²) in [4.78, 5) is 10.8. The average molecular weight is 215 g/mol. The van der Waals surface area contributed by atoms with Gasteiger partial charge in [-0.3, -0.25) is 4.79 Å². The number of benzene rings is 1. The highest BCUT2D eigenvalue weighted by Crippen LogP contribution is 2.07. The zero-order valence-corrected chi connectivity index (χ0v) is 9.73. The van der Waals surface area contributed by atoms with Crippen LogP contribution < -0.4 is 5.73 Å². The third-order valence-corrected chi connectivity index (χ3v) is 2.33. The largest absolute Gasteiger partial charge is 0.366 e. The molecule has 1 aromatic carbocycles. The summed E-state index contributed by atoms with van der Waals surface area (Å²) in [7, 11) is 0. The first-order valence-electron chi connectivity index (χ1n) is 5.27. The number of hydrogen-bond donors (Lipinski definition) is 1. The number of carbonyl (C=O) groups is 1. The molecule has 1 amide bonds.